The molecule has 1 aromatic rings. The van der Waals surface area contributed by atoms with Gasteiger partial charge in [0.15, 0.2) is 0 Å². The molecule has 4 N–H and O–H groups in total. The number of H-pyrrole nitrogens is 1. The Hall–Kier alpha value is -2.92. The minimum Gasteiger partial charge on any atom is -0.358 e. The van der Waals surface area contributed by atoms with Crippen molar-refractivity contribution in [3.63, 3.8) is 0 Å². The number of amides is 2. The van der Waals surface area contributed by atoms with Gasteiger partial charge in [-0.05, 0) is 53.3 Å². The number of aryl methyl sites for hydroxylation is 1. The summed E-state index contributed by atoms with van der Waals surface area (Å²) in [4.78, 5) is 33.3. The van der Waals surface area contributed by atoms with E-state index in [0.717, 1.165) is 24.3 Å². The van der Waals surface area contributed by atoms with Gasteiger partial charge in [-0.3, -0.25) is 18.7 Å². The standard InChI is InChI=1S/C25H35FN4O4S.C4H8.C3H8.C2H6/c1-5-21-19(8-15-35(33,34)14-7-6-9-26)20(24(31)28-21)16-22-17(2)23(18(3)27-22)25(32)30-12-10-29(4)11-13-30;1-3-4-2;1-3-2;1-2/h5-8,16,27,33-34H,9-15H2,1-4H3,(H,28,31);3-4H,1-2H3;3H2,1-2H3;1-2H3/b7-6+,19-8-,20-16-,21-5+;4-3-;;. The molecule has 2 fully saturated rings. The lowest BCUT2D eigenvalue weighted by atomic mass is 10.0. The molecule has 1 aromatic heterocycles. The number of carbonyl (C=O) groups excluding carboxylic acids is 2. The molecule has 2 saturated heterocycles. The van der Waals surface area contributed by atoms with Crippen molar-refractivity contribution >= 4 is 28.5 Å². The Balaban J connectivity index is 0.00000183. The van der Waals surface area contributed by atoms with Crippen molar-refractivity contribution in [2.24, 2.45) is 0 Å². The van der Waals surface area contributed by atoms with Crippen LogP contribution in [-0.2, 0) is 4.79 Å². The molecule has 3 heterocycles. The molecule has 0 aromatic carbocycles. The second-order valence-electron chi connectivity index (χ2n) is 10.2. The SMILES string of the molecule is C/C=C1/NC(=O)C(=C\c2[nH]c(C)c(C(=O)N3CCN(C)CC3)c2C)/C1=C/CS(O)(O)C/C=C/CF.C/C=C\C.CC.CCC. The Bertz CT molecular complexity index is 1190. The van der Waals surface area contributed by atoms with Crippen molar-refractivity contribution in [2.75, 3.05) is 51.4 Å². The number of rotatable bonds is 7. The molecule has 0 spiro atoms. The molecule has 3 rings (SSSR count). The summed E-state index contributed by atoms with van der Waals surface area (Å²) in [5, 5.41) is 2.81. The molecule has 250 valence electrons. The minimum atomic E-state index is -3.01. The number of hydrogen-bond acceptors (Lipinski definition) is 5. The average Bonchev–Trinajstić information content (AvgIpc) is 3.46. The third-order valence-corrected chi connectivity index (χ3v) is 8.06. The molecule has 8 nitrogen and oxygen atoms in total. The van der Waals surface area contributed by atoms with Gasteiger partial charge in [0.1, 0.15) is 6.67 Å². The number of nitrogens with one attached hydrogen (secondary N) is 2. The van der Waals surface area contributed by atoms with Crippen molar-refractivity contribution in [2.45, 2.75) is 68.7 Å². The maximum Gasteiger partial charge on any atom is 0.256 e. The third kappa shape index (κ3) is 13.0. The topological polar surface area (TPSA) is 109 Å². The second kappa shape index (κ2) is 21.7. The summed E-state index contributed by atoms with van der Waals surface area (Å²) in [7, 11) is -0.973. The molecule has 10 heteroatoms. The monoisotopic (exact) mass is 636 g/mol. The number of alkyl halides is 1. The lowest BCUT2D eigenvalue weighted by Gasteiger charge is -2.32. The third-order valence-electron chi connectivity index (χ3n) is 6.64. The Morgan fingerprint density at radius 1 is 0.977 bits per heavy atom. The number of nitrogens with zero attached hydrogens (tertiary/aromatic N) is 2. The van der Waals surface area contributed by atoms with E-state index in [1.54, 1.807) is 25.2 Å². The van der Waals surface area contributed by atoms with Crippen molar-refractivity contribution in [3.05, 3.63) is 75.8 Å². The number of aromatic amines is 1. The van der Waals surface area contributed by atoms with Crippen LogP contribution in [0.5, 0.6) is 0 Å². The molecule has 0 bridgehead atoms. The van der Waals surface area contributed by atoms with Gasteiger partial charge >= 0.3 is 0 Å². The summed E-state index contributed by atoms with van der Waals surface area (Å²) < 4.78 is 32.9. The maximum atomic E-state index is 13.2. The van der Waals surface area contributed by atoms with E-state index >= 15 is 0 Å². The summed E-state index contributed by atoms with van der Waals surface area (Å²) >= 11 is 0. The quantitative estimate of drug-likeness (QED) is 0.182. The first kappa shape index (κ1) is 41.1. The lowest BCUT2D eigenvalue weighted by molar-refractivity contribution is -0.115. The summed E-state index contributed by atoms with van der Waals surface area (Å²) in [6.07, 6.45) is 13.0. The van der Waals surface area contributed by atoms with E-state index in [0.29, 0.717) is 41.2 Å². The van der Waals surface area contributed by atoms with Crippen molar-refractivity contribution in [1.29, 1.82) is 0 Å². The Labute approximate surface area is 267 Å². The molecular weight excluding hydrogens is 579 g/mol. The van der Waals surface area contributed by atoms with Gasteiger partial charge in [0.05, 0.1) is 22.6 Å². The minimum absolute atomic E-state index is 0.0231. The number of halogens is 1. The number of carbonyl (C=O) groups is 2. The van der Waals surface area contributed by atoms with Crippen LogP contribution in [0.15, 0.2) is 53.3 Å². The number of allylic oxidation sites excluding steroid dienone is 5. The highest BCUT2D eigenvalue weighted by Crippen LogP contribution is 2.40. The highest BCUT2D eigenvalue weighted by Gasteiger charge is 2.29. The van der Waals surface area contributed by atoms with Crippen LogP contribution in [-0.4, -0.2) is 87.1 Å². The molecule has 2 amide bonds. The zero-order valence-corrected chi connectivity index (χ0v) is 29.4. The number of likely N-dealkylation sites (N-methyl/N-ethyl adjacent to an activating group) is 1. The van der Waals surface area contributed by atoms with Crippen molar-refractivity contribution in [1.82, 2.24) is 20.1 Å². The number of aromatic nitrogens is 1. The normalized spacial score (nSPS) is 18.6. The van der Waals surface area contributed by atoms with Gasteiger partial charge in [-0.15, -0.1) is 0 Å². The highest BCUT2D eigenvalue weighted by atomic mass is 32.3. The van der Waals surface area contributed by atoms with Gasteiger partial charge in [-0.25, -0.2) is 4.39 Å². The van der Waals surface area contributed by atoms with Crippen LogP contribution < -0.4 is 5.32 Å². The van der Waals surface area contributed by atoms with Crippen LogP contribution in [0.1, 0.15) is 82.2 Å². The largest absolute Gasteiger partial charge is 0.358 e. The van der Waals surface area contributed by atoms with E-state index in [-0.39, 0.29) is 23.3 Å². The van der Waals surface area contributed by atoms with Gasteiger partial charge in [0.2, 0.25) is 0 Å². The molecule has 0 saturated carbocycles. The molecule has 0 radical (unpaired) electrons. The van der Waals surface area contributed by atoms with Crippen LogP contribution in [0, 0.1) is 13.8 Å². The highest BCUT2D eigenvalue weighted by molar-refractivity contribution is 8.24. The summed E-state index contributed by atoms with van der Waals surface area (Å²) in [6, 6.07) is 0. The van der Waals surface area contributed by atoms with E-state index in [2.05, 4.69) is 29.0 Å². The van der Waals surface area contributed by atoms with Gasteiger partial charge in [-0.2, -0.15) is 10.6 Å². The van der Waals surface area contributed by atoms with Crippen LogP contribution in [0.2, 0.25) is 0 Å². The molecule has 0 aliphatic carbocycles. The van der Waals surface area contributed by atoms with Crippen molar-refractivity contribution in [3.8, 4) is 0 Å². The predicted octanol–water partition coefficient (Wildman–Crippen LogP) is 7.66. The van der Waals surface area contributed by atoms with E-state index in [1.807, 2.05) is 65.6 Å². The first-order chi connectivity index (χ1) is 20.9. The lowest BCUT2D eigenvalue weighted by Crippen LogP contribution is -2.47. The van der Waals surface area contributed by atoms with E-state index in [4.69, 9.17) is 0 Å². The number of piperazine rings is 1. The summed E-state index contributed by atoms with van der Waals surface area (Å²) in [5.74, 6) is -0.459. The first-order valence-electron chi connectivity index (χ1n) is 15.5. The predicted molar refractivity (Wildman–Crippen MR) is 187 cm³/mol. The molecule has 44 heavy (non-hydrogen) atoms. The van der Waals surface area contributed by atoms with Crippen molar-refractivity contribution < 1.29 is 23.1 Å². The van der Waals surface area contributed by atoms with Crippen LogP contribution in [0.4, 0.5) is 4.39 Å². The smallest absolute Gasteiger partial charge is 0.256 e. The fourth-order valence-corrected chi connectivity index (χ4v) is 5.25. The average molecular weight is 637 g/mol. The van der Waals surface area contributed by atoms with Gasteiger partial charge in [0, 0.05) is 48.8 Å². The fourth-order valence-electron chi connectivity index (χ4n) is 4.24. The molecule has 0 atom stereocenters. The van der Waals surface area contributed by atoms with Gasteiger partial charge in [0.25, 0.3) is 11.8 Å². The van der Waals surface area contributed by atoms with E-state index in [9.17, 15) is 23.1 Å². The van der Waals surface area contributed by atoms with E-state index < -0.39 is 17.3 Å². The van der Waals surface area contributed by atoms with Gasteiger partial charge < -0.3 is 20.1 Å². The molecule has 2 aliphatic heterocycles. The van der Waals surface area contributed by atoms with Crippen LogP contribution in [0.3, 0.4) is 0 Å². The Morgan fingerprint density at radius 3 is 2.05 bits per heavy atom. The van der Waals surface area contributed by atoms with Crippen LogP contribution in [0.25, 0.3) is 6.08 Å². The molecule has 0 unspecified atom stereocenters. The zero-order chi connectivity index (χ0) is 33.9. The first-order valence-corrected chi connectivity index (χ1v) is 17.4. The summed E-state index contributed by atoms with van der Waals surface area (Å²) in [5.41, 5.74) is 4.28. The van der Waals surface area contributed by atoms with Crippen LogP contribution >= 0.6 is 10.6 Å². The second-order valence-corrected chi connectivity index (χ2v) is 12.5. The maximum absolute atomic E-state index is 13.2. The Morgan fingerprint density at radius 2 is 1.55 bits per heavy atom. The van der Waals surface area contributed by atoms with E-state index in [1.165, 1.54) is 18.6 Å². The number of hydrogen-bond donors (Lipinski definition) is 4. The molecular formula is C34H57FN4O4S. The molecule has 2 aliphatic rings. The summed E-state index contributed by atoms with van der Waals surface area (Å²) in [6.45, 7) is 20.1. The Kier molecular flexibility index (Phi) is 20.3. The zero-order valence-electron chi connectivity index (χ0n) is 28.6. The fraction of sp³-hybridized carbons (Fsp3) is 0.529. The van der Waals surface area contributed by atoms with Gasteiger partial charge in [-0.1, -0.05) is 70.6 Å².